The van der Waals surface area contributed by atoms with Crippen LogP contribution in [0.3, 0.4) is 0 Å². The first-order valence-corrected chi connectivity index (χ1v) is 11.7. The summed E-state index contributed by atoms with van der Waals surface area (Å²) in [5.41, 5.74) is 0. The summed E-state index contributed by atoms with van der Waals surface area (Å²) in [6.45, 7) is 7.05. The van der Waals surface area contributed by atoms with Crippen molar-refractivity contribution in [3.05, 3.63) is 40.1 Å². The molecule has 1 saturated heterocycles. The Hall–Kier alpha value is -2.52. The fourth-order valence-electron chi connectivity index (χ4n) is 3.98. The number of hydrogen-bond donors (Lipinski definition) is 1. The van der Waals surface area contributed by atoms with E-state index in [1.54, 1.807) is 17.4 Å². The maximum absolute atomic E-state index is 12.7. The van der Waals surface area contributed by atoms with Crippen LogP contribution in [0.25, 0.3) is 6.08 Å². The molecule has 0 aliphatic carbocycles. The van der Waals surface area contributed by atoms with Crippen LogP contribution in [0.4, 0.5) is 0 Å². The number of nitrogens with one attached hydrogen (secondary N) is 1. The molecule has 2 amide bonds. The van der Waals surface area contributed by atoms with Crippen LogP contribution >= 0.6 is 11.3 Å². The van der Waals surface area contributed by atoms with E-state index in [1.165, 1.54) is 0 Å². The van der Waals surface area contributed by atoms with Crippen molar-refractivity contribution in [1.82, 2.24) is 25.0 Å². The van der Waals surface area contributed by atoms with Crippen LogP contribution in [0, 0.1) is 11.8 Å². The molecule has 4 rings (SSSR count). The number of rotatable bonds is 6. The van der Waals surface area contributed by atoms with E-state index in [9.17, 15) is 9.59 Å². The van der Waals surface area contributed by atoms with Gasteiger partial charge in [-0.2, -0.15) is 0 Å². The van der Waals surface area contributed by atoms with Gasteiger partial charge in [0.15, 0.2) is 5.82 Å². The molecular weight excluding hydrogens is 414 g/mol. The normalized spacial score (nSPS) is 20.1. The average molecular weight is 444 g/mol. The van der Waals surface area contributed by atoms with Crippen LogP contribution in [-0.2, 0) is 27.3 Å². The number of nitrogens with zero attached hydrogens (tertiary/aromatic N) is 4. The third-order valence-corrected chi connectivity index (χ3v) is 6.68. The van der Waals surface area contributed by atoms with Gasteiger partial charge in [-0.1, -0.05) is 19.9 Å². The third-order valence-electron chi connectivity index (χ3n) is 5.84. The molecule has 0 saturated carbocycles. The fourth-order valence-corrected chi connectivity index (χ4v) is 4.60. The van der Waals surface area contributed by atoms with Crippen molar-refractivity contribution in [3.63, 3.8) is 0 Å². The second-order valence-electron chi connectivity index (χ2n) is 8.34. The number of carbonyl (C=O) groups is 2. The van der Waals surface area contributed by atoms with Gasteiger partial charge in [-0.15, -0.1) is 21.5 Å². The Balaban J connectivity index is 1.44. The Morgan fingerprint density at radius 2 is 2.16 bits per heavy atom. The smallest absolute Gasteiger partial charge is 0.246 e. The highest BCUT2D eigenvalue weighted by molar-refractivity contribution is 7.10. The minimum atomic E-state index is -0.227. The van der Waals surface area contributed by atoms with Crippen molar-refractivity contribution >= 4 is 29.2 Å². The maximum Gasteiger partial charge on any atom is 0.246 e. The zero-order valence-corrected chi connectivity index (χ0v) is 18.8. The lowest BCUT2D eigenvalue weighted by atomic mass is 10.0. The molecule has 2 atom stereocenters. The molecule has 1 N–H and O–H groups in total. The van der Waals surface area contributed by atoms with Crippen LogP contribution in [0.1, 0.15) is 42.8 Å². The summed E-state index contributed by atoms with van der Waals surface area (Å²) in [4.78, 5) is 28.3. The monoisotopic (exact) mass is 443 g/mol. The number of carbonyl (C=O) groups excluding carboxylic acids is 2. The number of aromatic nitrogens is 3. The Bertz CT molecular complexity index is 931. The van der Waals surface area contributed by atoms with E-state index >= 15 is 0 Å². The van der Waals surface area contributed by atoms with Crippen LogP contribution in [0.15, 0.2) is 23.6 Å². The molecule has 8 nitrogen and oxygen atoms in total. The molecule has 2 aromatic heterocycles. The maximum atomic E-state index is 12.7. The average Bonchev–Trinajstić information content (AvgIpc) is 3.51. The number of thiophene rings is 1. The van der Waals surface area contributed by atoms with Crippen molar-refractivity contribution in [2.45, 2.75) is 39.3 Å². The summed E-state index contributed by atoms with van der Waals surface area (Å²) in [7, 11) is 0. The first kappa shape index (κ1) is 21.7. The summed E-state index contributed by atoms with van der Waals surface area (Å²) in [5, 5.41) is 14.0. The van der Waals surface area contributed by atoms with Crippen molar-refractivity contribution in [2.75, 3.05) is 26.3 Å². The molecule has 31 heavy (non-hydrogen) atoms. The van der Waals surface area contributed by atoms with E-state index < -0.39 is 0 Å². The highest BCUT2D eigenvalue weighted by Gasteiger charge is 2.31. The van der Waals surface area contributed by atoms with Gasteiger partial charge in [0, 0.05) is 43.6 Å². The lowest BCUT2D eigenvalue weighted by molar-refractivity contribution is -0.126. The minimum absolute atomic E-state index is 0.00334. The molecule has 0 unspecified atom stereocenters. The molecule has 0 spiro atoms. The van der Waals surface area contributed by atoms with Gasteiger partial charge in [0.2, 0.25) is 11.8 Å². The van der Waals surface area contributed by atoms with Crippen LogP contribution in [0.5, 0.6) is 0 Å². The zero-order valence-electron chi connectivity index (χ0n) is 18.0. The highest BCUT2D eigenvalue weighted by atomic mass is 32.1. The van der Waals surface area contributed by atoms with Crippen LogP contribution < -0.4 is 5.32 Å². The SMILES string of the molecule is CC(C)[C@H](NC(=O)[C@@H]1CCOC1)c1nnc2n1CCN(C(=O)/C=C/c1cccs1)CC2. The Kier molecular flexibility index (Phi) is 6.82. The quantitative estimate of drug-likeness (QED) is 0.692. The molecule has 2 aliphatic heterocycles. The first-order valence-electron chi connectivity index (χ1n) is 10.8. The largest absolute Gasteiger partial charge is 0.381 e. The summed E-state index contributed by atoms with van der Waals surface area (Å²) in [6, 6.07) is 3.73. The predicted molar refractivity (Wildman–Crippen MR) is 118 cm³/mol. The predicted octanol–water partition coefficient (Wildman–Crippen LogP) is 2.29. The number of fused-ring (bicyclic) bond motifs is 1. The number of ether oxygens (including phenoxy) is 1. The van der Waals surface area contributed by atoms with Gasteiger partial charge in [-0.3, -0.25) is 9.59 Å². The second kappa shape index (κ2) is 9.74. The second-order valence-corrected chi connectivity index (χ2v) is 9.32. The van der Waals surface area contributed by atoms with E-state index in [1.807, 2.05) is 28.5 Å². The van der Waals surface area contributed by atoms with Gasteiger partial charge in [0.05, 0.1) is 18.6 Å². The van der Waals surface area contributed by atoms with Gasteiger partial charge in [-0.25, -0.2) is 0 Å². The van der Waals surface area contributed by atoms with E-state index in [0.29, 0.717) is 39.3 Å². The van der Waals surface area contributed by atoms with Crippen LogP contribution in [0.2, 0.25) is 0 Å². The molecule has 2 aromatic rings. The zero-order chi connectivity index (χ0) is 21.8. The molecule has 166 valence electrons. The van der Waals surface area contributed by atoms with Gasteiger partial charge in [-0.05, 0) is 29.9 Å². The molecule has 0 radical (unpaired) electrons. The van der Waals surface area contributed by atoms with E-state index in [-0.39, 0.29) is 29.7 Å². The molecule has 2 aliphatic rings. The third kappa shape index (κ3) is 5.04. The van der Waals surface area contributed by atoms with Crippen molar-refractivity contribution in [1.29, 1.82) is 0 Å². The molecule has 1 fully saturated rings. The van der Waals surface area contributed by atoms with Gasteiger partial charge >= 0.3 is 0 Å². The molecule has 0 aromatic carbocycles. The first-order chi connectivity index (χ1) is 15.0. The number of hydrogen-bond acceptors (Lipinski definition) is 6. The summed E-state index contributed by atoms with van der Waals surface area (Å²) < 4.78 is 7.44. The lowest BCUT2D eigenvalue weighted by Crippen LogP contribution is -2.38. The number of amides is 2. The topological polar surface area (TPSA) is 89.3 Å². The van der Waals surface area contributed by atoms with Gasteiger partial charge in [0.25, 0.3) is 0 Å². The standard InChI is InChI=1S/C22H29N5O3S/c1-15(2)20(23-22(29)16-8-12-30-14-16)21-25-24-18-7-9-26(10-11-27(18)21)19(28)6-5-17-4-3-13-31-17/h3-6,13,15-16,20H,7-12,14H2,1-2H3,(H,23,29)/b6-5+/t16-,20+/m1/s1. The fraction of sp³-hybridized carbons (Fsp3) is 0.545. The van der Waals surface area contributed by atoms with E-state index in [4.69, 9.17) is 4.74 Å². The van der Waals surface area contributed by atoms with Crippen molar-refractivity contribution in [3.8, 4) is 0 Å². The Labute approximate surface area is 186 Å². The van der Waals surface area contributed by atoms with Gasteiger partial charge in [0.1, 0.15) is 5.82 Å². The van der Waals surface area contributed by atoms with Crippen LogP contribution in [-0.4, -0.2) is 57.8 Å². The summed E-state index contributed by atoms with van der Waals surface area (Å²) in [5.74, 6) is 1.70. The summed E-state index contributed by atoms with van der Waals surface area (Å²) >= 11 is 1.61. The van der Waals surface area contributed by atoms with Crippen molar-refractivity contribution in [2.24, 2.45) is 11.8 Å². The van der Waals surface area contributed by atoms with E-state index in [0.717, 1.165) is 22.9 Å². The molecule has 9 heteroatoms. The highest BCUT2D eigenvalue weighted by Crippen LogP contribution is 2.24. The molecular formula is C22H29N5O3S. The van der Waals surface area contributed by atoms with Gasteiger partial charge < -0.3 is 19.5 Å². The Morgan fingerprint density at radius 1 is 1.29 bits per heavy atom. The van der Waals surface area contributed by atoms with E-state index in [2.05, 4.69) is 33.9 Å². The van der Waals surface area contributed by atoms with Crippen molar-refractivity contribution < 1.29 is 14.3 Å². The molecule has 4 heterocycles. The molecule has 0 bridgehead atoms. The minimum Gasteiger partial charge on any atom is -0.381 e. The lowest BCUT2D eigenvalue weighted by Gasteiger charge is -2.24. The Morgan fingerprint density at radius 3 is 2.87 bits per heavy atom. The summed E-state index contributed by atoms with van der Waals surface area (Å²) in [6.07, 6.45) is 4.89.